The molecule has 0 bridgehead atoms. The van der Waals surface area contributed by atoms with E-state index in [1.165, 1.54) is 6.07 Å². The first-order valence-electron chi connectivity index (χ1n) is 5.19. The van der Waals surface area contributed by atoms with E-state index in [0.717, 1.165) is 3.57 Å². The molecule has 5 heteroatoms. The summed E-state index contributed by atoms with van der Waals surface area (Å²) in [5.74, 6) is 0.678. The van der Waals surface area contributed by atoms with E-state index < -0.39 is 5.91 Å². The number of ether oxygens (including phenoxy) is 1. The second-order valence-electron chi connectivity index (χ2n) is 3.67. The van der Waals surface area contributed by atoms with Crippen LogP contribution in [-0.2, 0) is 0 Å². The summed E-state index contributed by atoms with van der Waals surface area (Å²) in [6.07, 6.45) is 0. The maximum atomic E-state index is 11.0. The van der Waals surface area contributed by atoms with Gasteiger partial charge in [-0.25, -0.2) is 0 Å². The number of carbonyl (C=O) groups is 1. The van der Waals surface area contributed by atoms with Crippen molar-refractivity contribution < 1.29 is 9.53 Å². The van der Waals surface area contributed by atoms with E-state index in [4.69, 9.17) is 16.2 Å². The topological polar surface area (TPSA) is 78.3 Å². The van der Waals surface area contributed by atoms with Gasteiger partial charge in [0.15, 0.2) is 0 Å². The predicted octanol–water partition coefficient (Wildman–Crippen LogP) is 2.76. The molecule has 1 amide bonds. The molecule has 92 valence electrons. The Hall–Kier alpha value is -1.76. The number of hydrogen-bond donors (Lipinski definition) is 2. The van der Waals surface area contributed by atoms with E-state index in [0.29, 0.717) is 22.7 Å². The zero-order chi connectivity index (χ0) is 13.1. The van der Waals surface area contributed by atoms with Gasteiger partial charge in [-0.3, -0.25) is 4.79 Å². The van der Waals surface area contributed by atoms with E-state index in [9.17, 15) is 4.79 Å². The van der Waals surface area contributed by atoms with E-state index in [1.807, 2.05) is 24.3 Å². The van der Waals surface area contributed by atoms with Crippen molar-refractivity contribution in [3.05, 3.63) is 51.6 Å². The summed E-state index contributed by atoms with van der Waals surface area (Å²) in [5, 5.41) is 0. The maximum absolute atomic E-state index is 11.0. The monoisotopic (exact) mass is 354 g/mol. The van der Waals surface area contributed by atoms with Crippen LogP contribution in [0.25, 0.3) is 0 Å². The van der Waals surface area contributed by atoms with Gasteiger partial charge in [-0.2, -0.15) is 0 Å². The van der Waals surface area contributed by atoms with Gasteiger partial charge in [0.2, 0.25) is 5.91 Å². The fourth-order valence-electron chi connectivity index (χ4n) is 1.42. The highest BCUT2D eigenvalue weighted by atomic mass is 127. The van der Waals surface area contributed by atoms with Crippen LogP contribution >= 0.6 is 22.6 Å². The number of anilines is 1. The number of benzene rings is 2. The quantitative estimate of drug-likeness (QED) is 0.657. The highest BCUT2D eigenvalue weighted by Crippen LogP contribution is 2.28. The molecule has 0 aliphatic heterocycles. The SMILES string of the molecule is NC(=O)c1ccc(Oc2ccc(I)cc2)c(N)c1. The second-order valence-corrected chi connectivity index (χ2v) is 4.92. The zero-order valence-corrected chi connectivity index (χ0v) is 11.5. The first kappa shape index (κ1) is 12.7. The molecule has 0 saturated heterocycles. The standard InChI is InChI=1S/C13H11IN2O2/c14-9-2-4-10(5-3-9)18-12-6-1-8(13(16)17)7-11(12)15/h1-7H,15H2,(H2,16,17). The molecule has 0 radical (unpaired) electrons. The van der Waals surface area contributed by atoms with Gasteiger partial charge in [0.1, 0.15) is 11.5 Å². The van der Waals surface area contributed by atoms with Gasteiger partial charge in [0.05, 0.1) is 5.69 Å². The molecule has 4 nitrogen and oxygen atoms in total. The number of nitrogens with two attached hydrogens (primary N) is 2. The van der Waals surface area contributed by atoms with Crippen LogP contribution in [-0.4, -0.2) is 5.91 Å². The summed E-state index contributed by atoms with van der Waals surface area (Å²) in [6.45, 7) is 0. The largest absolute Gasteiger partial charge is 0.455 e. The van der Waals surface area contributed by atoms with E-state index in [2.05, 4.69) is 22.6 Å². The zero-order valence-electron chi connectivity index (χ0n) is 9.39. The fourth-order valence-corrected chi connectivity index (χ4v) is 1.78. The first-order valence-corrected chi connectivity index (χ1v) is 6.27. The number of nitrogen functional groups attached to an aromatic ring is 1. The molecule has 2 aromatic rings. The summed E-state index contributed by atoms with van der Waals surface area (Å²) >= 11 is 2.21. The molecule has 0 unspecified atom stereocenters. The Morgan fingerprint density at radius 3 is 2.33 bits per heavy atom. The molecule has 0 spiro atoms. The van der Waals surface area contributed by atoms with Crippen molar-refractivity contribution in [2.75, 3.05) is 5.73 Å². The summed E-state index contributed by atoms with van der Waals surface area (Å²) < 4.78 is 6.74. The van der Waals surface area contributed by atoms with Crippen molar-refractivity contribution in [2.45, 2.75) is 0 Å². The second kappa shape index (κ2) is 5.26. The van der Waals surface area contributed by atoms with Crippen LogP contribution in [0.5, 0.6) is 11.5 Å². The third-order valence-electron chi connectivity index (χ3n) is 2.34. The maximum Gasteiger partial charge on any atom is 0.248 e. The molecule has 0 aliphatic rings. The van der Waals surface area contributed by atoms with Crippen molar-refractivity contribution in [1.82, 2.24) is 0 Å². The average molecular weight is 354 g/mol. The van der Waals surface area contributed by atoms with Gasteiger partial charge in [0.25, 0.3) is 0 Å². The fraction of sp³-hybridized carbons (Fsp3) is 0. The van der Waals surface area contributed by atoms with Gasteiger partial charge < -0.3 is 16.2 Å². The lowest BCUT2D eigenvalue weighted by atomic mass is 10.2. The van der Waals surface area contributed by atoms with Crippen LogP contribution in [0, 0.1) is 3.57 Å². The molecule has 0 fully saturated rings. The molecule has 18 heavy (non-hydrogen) atoms. The molecule has 0 aliphatic carbocycles. The van der Waals surface area contributed by atoms with E-state index in [-0.39, 0.29) is 0 Å². The lowest BCUT2D eigenvalue weighted by Crippen LogP contribution is -2.11. The Morgan fingerprint density at radius 1 is 1.11 bits per heavy atom. The van der Waals surface area contributed by atoms with Crippen LogP contribution in [0.2, 0.25) is 0 Å². The van der Waals surface area contributed by atoms with E-state index in [1.54, 1.807) is 12.1 Å². The molecule has 2 aromatic carbocycles. The normalized spacial score (nSPS) is 10.1. The van der Waals surface area contributed by atoms with Crippen molar-refractivity contribution in [3.8, 4) is 11.5 Å². The third kappa shape index (κ3) is 2.92. The van der Waals surface area contributed by atoms with Gasteiger partial charge in [-0.1, -0.05) is 0 Å². The smallest absolute Gasteiger partial charge is 0.248 e. The number of hydrogen-bond acceptors (Lipinski definition) is 3. The van der Waals surface area contributed by atoms with Crippen LogP contribution in [0.4, 0.5) is 5.69 Å². The lowest BCUT2D eigenvalue weighted by molar-refractivity contribution is 0.100. The molecular weight excluding hydrogens is 343 g/mol. The minimum absolute atomic E-state index is 0.363. The predicted molar refractivity (Wildman–Crippen MR) is 78.6 cm³/mol. The summed E-state index contributed by atoms with van der Waals surface area (Å²) in [5.41, 5.74) is 11.7. The van der Waals surface area contributed by atoms with Crippen molar-refractivity contribution in [1.29, 1.82) is 0 Å². The Morgan fingerprint density at radius 2 is 1.78 bits per heavy atom. The molecule has 4 N–H and O–H groups in total. The van der Waals surface area contributed by atoms with Gasteiger partial charge in [-0.15, -0.1) is 0 Å². The first-order chi connectivity index (χ1) is 8.56. The Bertz CT molecular complexity index is 582. The van der Waals surface area contributed by atoms with Crippen molar-refractivity contribution in [2.24, 2.45) is 5.73 Å². The van der Waals surface area contributed by atoms with Crippen LogP contribution < -0.4 is 16.2 Å². The minimum Gasteiger partial charge on any atom is -0.455 e. The number of primary amides is 1. The molecule has 0 aromatic heterocycles. The molecule has 0 saturated carbocycles. The number of amides is 1. The van der Waals surface area contributed by atoms with Crippen LogP contribution in [0.1, 0.15) is 10.4 Å². The highest BCUT2D eigenvalue weighted by Gasteiger charge is 2.06. The molecule has 0 atom stereocenters. The summed E-state index contributed by atoms with van der Waals surface area (Å²) in [6, 6.07) is 12.3. The highest BCUT2D eigenvalue weighted by molar-refractivity contribution is 14.1. The van der Waals surface area contributed by atoms with Crippen LogP contribution in [0.15, 0.2) is 42.5 Å². The van der Waals surface area contributed by atoms with Gasteiger partial charge in [0, 0.05) is 9.13 Å². The molecule has 2 rings (SSSR count). The Balaban J connectivity index is 2.24. The number of halogens is 1. The lowest BCUT2D eigenvalue weighted by Gasteiger charge is -2.09. The van der Waals surface area contributed by atoms with Gasteiger partial charge in [-0.05, 0) is 65.1 Å². The minimum atomic E-state index is -0.512. The number of rotatable bonds is 3. The van der Waals surface area contributed by atoms with Crippen molar-refractivity contribution in [3.63, 3.8) is 0 Å². The number of carbonyl (C=O) groups excluding carboxylic acids is 1. The van der Waals surface area contributed by atoms with Crippen molar-refractivity contribution >= 4 is 34.2 Å². The van der Waals surface area contributed by atoms with E-state index >= 15 is 0 Å². The molecular formula is C13H11IN2O2. The molecule has 0 heterocycles. The Labute approximate surface area is 118 Å². The van der Waals surface area contributed by atoms with Crippen LogP contribution in [0.3, 0.4) is 0 Å². The Kier molecular flexibility index (Phi) is 3.71. The third-order valence-corrected chi connectivity index (χ3v) is 3.05. The summed E-state index contributed by atoms with van der Waals surface area (Å²) in [4.78, 5) is 11.0. The van der Waals surface area contributed by atoms with Gasteiger partial charge >= 0.3 is 0 Å². The average Bonchev–Trinajstić information content (AvgIpc) is 2.34. The summed E-state index contributed by atoms with van der Waals surface area (Å²) in [7, 11) is 0.